The van der Waals surface area contributed by atoms with Crippen molar-refractivity contribution >= 4 is 18.2 Å². The summed E-state index contributed by atoms with van der Waals surface area (Å²) in [5, 5.41) is 24.3. The molecule has 1 aliphatic heterocycles. The van der Waals surface area contributed by atoms with Crippen molar-refractivity contribution in [2.24, 2.45) is 28.6 Å². The SMILES string of the molecule is CCN(CC)CC(=O)O[C@H]1CC[C@]2(C=O)[C@H]3CC[C@]4(C)[C@@H](C5=CC(=O)OC5)CC[C@]4(O)[C@@H]3CC[C@]2(O)C1. The maximum atomic E-state index is 12.9. The van der Waals surface area contributed by atoms with Gasteiger partial charge in [-0.05, 0) is 87.8 Å². The Bertz CT molecular complexity index is 977. The zero-order valence-corrected chi connectivity index (χ0v) is 22.5. The van der Waals surface area contributed by atoms with E-state index in [9.17, 15) is 24.6 Å². The number of hydrogen-bond acceptors (Lipinski definition) is 8. The summed E-state index contributed by atoms with van der Waals surface area (Å²) in [6.07, 6.45) is 7.37. The van der Waals surface area contributed by atoms with Gasteiger partial charge in [0, 0.05) is 17.9 Å². The normalized spacial score (nSPS) is 44.9. The third-order valence-corrected chi connectivity index (χ3v) is 11.4. The molecule has 8 nitrogen and oxygen atoms in total. The lowest BCUT2D eigenvalue weighted by atomic mass is 9.41. The fourth-order valence-corrected chi connectivity index (χ4v) is 9.27. The summed E-state index contributed by atoms with van der Waals surface area (Å²) >= 11 is 0. The number of rotatable bonds is 7. The largest absolute Gasteiger partial charge is 0.461 e. The minimum absolute atomic E-state index is 0.0823. The highest BCUT2D eigenvalue weighted by Gasteiger charge is 2.71. The van der Waals surface area contributed by atoms with Gasteiger partial charge in [-0.1, -0.05) is 20.8 Å². The predicted molar refractivity (Wildman–Crippen MR) is 135 cm³/mol. The Morgan fingerprint density at radius 3 is 2.49 bits per heavy atom. The molecule has 4 fully saturated rings. The second-order valence-corrected chi connectivity index (χ2v) is 12.6. The summed E-state index contributed by atoms with van der Waals surface area (Å²) in [6.45, 7) is 8.21. The molecule has 5 rings (SSSR count). The highest BCUT2D eigenvalue weighted by atomic mass is 16.5. The first-order chi connectivity index (χ1) is 17.6. The van der Waals surface area contributed by atoms with E-state index in [2.05, 4.69) is 6.92 Å². The van der Waals surface area contributed by atoms with Crippen LogP contribution in [0.2, 0.25) is 0 Å². The number of carbonyl (C=O) groups excluding carboxylic acids is 3. The maximum absolute atomic E-state index is 12.9. The van der Waals surface area contributed by atoms with Gasteiger partial charge in [0.15, 0.2) is 0 Å². The van der Waals surface area contributed by atoms with Gasteiger partial charge in [0.1, 0.15) is 19.0 Å². The fraction of sp³-hybridized carbons (Fsp3) is 0.828. The molecule has 1 heterocycles. The molecule has 4 aliphatic carbocycles. The number of carbonyl (C=O) groups is 3. The molecule has 5 aliphatic rings. The van der Waals surface area contributed by atoms with E-state index in [1.807, 2.05) is 18.7 Å². The minimum Gasteiger partial charge on any atom is -0.461 e. The lowest BCUT2D eigenvalue weighted by Gasteiger charge is -2.65. The second kappa shape index (κ2) is 9.45. The quantitative estimate of drug-likeness (QED) is 0.392. The number of aliphatic hydroxyl groups is 2. The van der Waals surface area contributed by atoms with Gasteiger partial charge in [-0.25, -0.2) is 4.79 Å². The van der Waals surface area contributed by atoms with E-state index in [4.69, 9.17) is 9.47 Å². The number of cyclic esters (lactones) is 1. The molecule has 4 saturated carbocycles. The van der Waals surface area contributed by atoms with E-state index in [-0.39, 0.29) is 42.7 Å². The average Bonchev–Trinajstić information content (AvgIpc) is 3.41. The van der Waals surface area contributed by atoms with Crippen LogP contribution in [0.25, 0.3) is 0 Å². The summed E-state index contributed by atoms with van der Waals surface area (Å²) in [6, 6.07) is 0. The van der Waals surface area contributed by atoms with E-state index in [0.717, 1.165) is 44.2 Å². The molecular weight excluding hydrogens is 474 g/mol. The molecule has 0 aromatic carbocycles. The van der Waals surface area contributed by atoms with Crippen LogP contribution in [0, 0.1) is 28.6 Å². The smallest absolute Gasteiger partial charge is 0.331 e. The topological polar surface area (TPSA) is 113 Å². The highest BCUT2D eigenvalue weighted by molar-refractivity contribution is 5.85. The van der Waals surface area contributed by atoms with Crippen molar-refractivity contribution in [3.8, 4) is 0 Å². The van der Waals surface area contributed by atoms with Gasteiger partial charge in [-0.3, -0.25) is 9.69 Å². The Balaban J connectivity index is 1.35. The van der Waals surface area contributed by atoms with E-state index >= 15 is 0 Å². The van der Waals surface area contributed by atoms with Gasteiger partial charge < -0.3 is 24.5 Å². The van der Waals surface area contributed by atoms with Crippen molar-refractivity contribution in [1.29, 1.82) is 0 Å². The Hall–Kier alpha value is -1.77. The highest BCUT2D eigenvalue weighted by Crippen LogP contribution is 2.70. The van der Waals surface area contributed by atoms with Crippen molar-refractivity contribution < 1.29 is 34.1 Å². The molecule has 0 bridgehead atoms. The first-order valence-electron chi connectivity index (χ1n) is 14.3. The summed E-state index contributed by atoms with van der Waals surface area (Å²) in [5.41, 5.74) is -2.57. The van der Waals surface area contributed by atoms with Crippen molar-refractivity contribution in [2.75, 3.05) is 26.2 Å². The first-order valence-corrected chi connectivity index (χ1v) is 14.3. The summed E-state index contributed by atoms with van der Waals surface area (Å²) in [5.74, 6) is -0.725. The van der Waals surface area contributed by atoms with Crippen LogP contribution in [-0.2, 0) is 23.9 Å². The third-order valence-electron chi connectivity index (χ3n) is 11.4. The molecule has 0 spiro atoms. The molecule has 2 N–H and O–H groups in total. The van der Waals surface area contributed by atoms with Crippen LogP contribution < -0.4 is 0 Å². The average molecular weight is 518 g/mol. The van der Waals surface area contributed by atoms with Gasteiger partial charge in [0.2, 0.25) is 0 Å². The van der Waals surface area contributed by atoms with Crippen LogP contribution in [0.3, 0.4) is 0 Å². The molecule has 0 saturated heterocycles. The molecule has 37 heavy (non-hydrogen) atoms. The van der Waals surface area contributed by atoms with E-state index < -0.39 is 28.1 Å². The molecule has 0 amide bonds. The Morgan fingerprint density at radius 1 is 1.11 bits per heavy atom. The van der Waals surface area contributed by atoms with E-state index in [1.54, 1.807) is 6.08 Å². The number of fused-ring (bicyclic) bond motifs is 5. The minimum atomic E-state index is -1.25. The van der Waals surface area contributed by atoms with Crippen molar-refractivity contribution in [1.82, 2.24) is 4.90 Å². The van der Waals surface area contributed by atoms with Gasteiger partial charge in [-0.2, -0.15) is 0 Å². The second-order valence-electron chi connectivity index (χ2n) is 12.6. The number of aldehydes is 1. The lowest BCUT2D eigenvalue weighted by molar-refractivity contribution is -0.249. The predicted octanol–water partition coefficient (Wildman–Crippen LogP) is 2.79. The molecule has 8 heteroatoms. The Kier molecular flexibility index (Phi) is 6.85. The fourth-order valence-electron chi connectivity index (χ4n) is 9.27. The van der Waals surface area contributed by atoms with Gasteiger partial charge in [0.05, 0.1) is 23.2 Å². The zero-order valence-electron chi connectivity index (χ0n) is 22.5. The van der Waals surface area contributed by atoms with Crippen LogP contribution in [-0.4, -0.2) is 76.9 Å². The zero-order chi connectivity index (χ0) is 26.6. The van der Waals surface area contributed by atoms with E-state index in [1.165, 1.54) is 0 Å². The Labute approximate surface area is 219 Å². The monoisotopic (exact) mass is 517 g/mol. The van der Waals surface area contributed by atoms with Crippen LogP contribution >= 0.6 is 0 Å². The van der Waals surface area contributed by atoms with Crippen molar-refractivity contribution in [3.63, 3.8) is 0 Å². The number of nitrogens with zero attached hydrogens (tertiary/aromatic N) is 1. The van der Waals surface area contributed by atoms with Crippen LogP contribution in [0.4, 0.5) is 0 Å². The van der Waals surface area contributed by atoms with Crippen LogP contribution in [0.5, 0.6) is 0 Å². The third kappa shape index (κ3) is 3.92. The number of esters is 2. The first kappa shape index (κ1) is 26.8. The number of hydrogen-bond donors (Lipinski definition) is 2. The maximum Gasteiger partial charge on any atom is 0.331 e. The molecule has 0 radical (unpaired) electrons. The number of likely N-dealkylation sites (N-methyl/N-ethyl adjacent to an activating group) is 1. The summed E-state index contributed by atoms with van der Waals surface area (Å²) in [7, 11) is 0. The van der Waals surface area contributed by atoms with Gasteiger partial charge >= 0.3 is 11.9 Å². The Morgan fingerprint density at radius 2 is 1.84 bits per heavy atom. The standard InChI is InChI=1S/C29H43NO7/c1-4-30(5-2)16-25(33)37-20-6-11-27(18-31)22-7-10-26(3)21(19-14-24(32)36-17-19)9-13-29(26,35)23(22)8-12-28(27,34)15-20/h14,18,20-23,34-35H,4-13,15-17H2,1-3H3/t20-,21+,22-,23+,26+,27-,28-,29-/m0/s1. The molecule has 0 aromatic rings. The summed E-state index contributed by atoms with van der Waals surface area (Å²) in [4.78, 5) is 39.2. The van der Waals surface area contributed by atoms with Crippen LogP contribution in [0.1, 0.15) is 78.6 Å². The molecule has 0 unspecified atom stereocenters. The molecule has 206 valence electrons. The van der Waals surface area contributed by atoms with E-state index in [0.29, 0.717) is 38.7 Å². The van der Waals surface area contributed by atoms with Crippen molar-refractivity contribution in [3.05, 3.63) is 11.6 Å². The lowest BCUT2D eigenvalue weighted by Crippen LogP contribution is -2.69. The van der Waals surface area contributed by atoms with Gasteiger partial charge in [-0.15, -0.1) is 0 Å². The van der Waals surface area contributed by atoms with Gasteiger partial charge in [0.25, 0.3) is 0 Å². The van der Waals surface area contributed by atoms with Crippen LogP contribution in [0.15, 0.2) is 11.6 Å². The molecular formula is C29H43NO7. The molecule has 0 aromatic heterocycles. The van der Waals surface area contributed by atoms with Crippen molar-refractivity contribution in [2.45, 2.75) is 95.9 Å². The summed E-state index contributed by atoms with van der Waals surface area (Å²) < 4.78 is 11.0. The number of ether oxygens (including phenoxy) is 2. The molecule has 8 atom stereocenters.